The van der Waals surface area contributed by atoms with E-state index in [1.165, 1.54) is 0 Å². The molecule has 1 heterocycles. The maximum Gasteiger partial charge on any atom is 0.251 e. The van der Waals surface area contributed by atoms with Gasteiger partial charge in [0.15, 0.2) is 0 Å². The predicted octanol–water partition coefficient (Wildman–Crippen LogP) is 4.56. The number of aliphatic hydroxyl groups is 2. The number of aromatic nitrogens is 2. The quantitative estimate of drug-likeness (QED) is 0.217. The van der Waals surface area contributed by atoms with Gasteiger partial charge < -0.3 is 20.8 Å². The molecular formula is C33H35N5O3. The number of allylic oxidation sites excluding steroid dienone is 2. The lowest BCUT2D eigenvalue weighted by Crippen LogP contribution is -2.51. The molecule has 0 spiro atoms. The summed E-state index contributed by atoms with van der Waals surface area (Å²) in [6.07, 6.45) is 7.94. The van der Waals surface area contributed by atoms with Gasteiger partial charge in [-0.05, 0) is 30.3 Å². The third-order valence-electron chi connectivity index (χ3n) is 7.34. The summed E-state index contributed by atoms with van der Waals surface area (Å²) in [4.78, 5) is 24.8. The van der Waals surface area contributed by atoms with Crippen molar-refractivity contribution in [2.75, 3.05) is 38.2 Å². The summed E-state index contributed by atoms with van der Waals surface area (Å²) in [7, 11) is 0. The van der Waals surface area contributed by atoms with E-state index >= 15 is 0 Å². The third kappa shape index (κ3) is 6.69. The molecule has 5 rings (SSSR count). The van der Waals surface area contributed by atoms with Gasteiger partial charge in [-0.25, -0.2) is 9.97 Å². The number of anilines is 2. The van der Waals surface area contributed by atoms with Crippen molar-refractivity contribution < 1.29 is 15.0 Å². The largest absolute Gasteiger partial charge is 0.395 e. The number of para-hydroxylation sites is 1. The first kappa shape index (κ1) is 28.2. The minimum Gasteiger partial charge on any atom is -0.395 e. The number of carbonyl (C=O) groups is 1. The lowest BCUT2D eigenvalue weighted by molar-refractivity contribution is 0.0877. The standard InChI is InChI=1S/C33H35N5O3/c1-33(23-38(19-21-39)20-22-40)18-8-7-13-29(33)36-31(41)25-14-16-26(17-15-25)34-32-35-28-12-6-5-11-27(28)30(37-32)24-9-3-2-4-10-24/h2-18,29,39-40H,19-23H2,1H3,(H,36,41)(H,34,35,37). The van der Waals surface area contributed by atoms with Crippen molar-refractivity contribution in [3.8, 4) is 11.3 Å². The van der Waals surface area contributed by atoms with Crippen molar-refractivity contribution in [2.45, 2.75) is 13.0 Å². The van der Waals surface area contributed by atoms with Crippen LogP contribution in [0.4, 0.5) is 11.6 Å². The van der Waals surface area contributed by atoms with Crippen LogP contribution in [0.3, 0.4) is 0 Å². The number of nitrogens with one attached hydrogen (secondary N) is 2. The first-order chi connectivity index (χ1) is 20.0. The van der Waals surface area contributed by atoms with Crippen LogP contribution in [-0.4, -0.2) is 69.9 Å². The van der Waals surface area contributed by atoms with E-state index in [0.717, 1.165) is 27.8 Å². The fourth-order valence-corrected chi connectivity index (χ4v) is 5.18. The maximum absolute atomic E-state index is 13.2. The van der Waals surface area contributed by atoms with Crippen LogP contribution in [0.2, 0.25) is 0 Å². The Balaban J connectivity index is 1.31. The predicted molar refractivity (Wildman–Crippen MR) is 163 cm³/mol. The van der Waals surface area contributed by atoms with Gasteiger partial charge in [0.1, 0.15) is 0 Å². The second-order valence-electron chi connectivity index (χ2n) is 10.4. The molecular weight excluding hydrogens is 514 g/mol. The summed E-state index contributed by atoms with van der Waals surface area (Å²) in [6, 6.07) is 25.0. The number of amides is 1. The summed E-state index contributed by atoms with van der Waals surface area (Å²) in [5.74, 6) is 0.293. The van der Waals surface area contributed by atoms with Gasteiger partial charge in [0.2, 0.25) is 5.95 Å². The summed E-state index contributed by atoms with van der Waals surface area (Å²) in [5.41, 5.74) is 3.60. The van der Waals surface area contributed by atoms with Crippen LogP contribution >= 0.6 is 0 Å². The number of carbonyl (C=O) groups excluding carboxylic acids is 1. The zero-order valence-electron chi connectivity index (χ0n) is 23.1. The second-order valence-corrected chi connectivity index (χ2v) is 10.4. The number of hydrogen-bond acceptors (Lipinski definition) is 7. The van der Waals surface area contributed by atoms with Gasteiger partial charge in [0, 0.05) is 47.2 Å². The Hall–Kier alpha value is -4.37. The summed E-state index contributed by atoms with van der Waals surface area (Å²) in [6.45, 7) is 3.57. The van der Waals surface area contributed by atoms with Crippen molar-refractivity contribution in [3.63, 3.8) is 0 Å². The van der Waals surface area contributed by atoms with E-state index in [4.69, 9.17) is 9.97 Å². The molecule has 4 N–H and O–H groups in total. The van der Waals surface area contributed by atoms with Gasteiger partial charge in [-0.2, -0.15) is 0 Å². The summed E-state index contributed by atoms with van der Waals surface area (Å²) in [5, 5.41) is 26.3. The molecule has 2 atom stereocenters. The molecule has 1 aliphatic carbocycles. The first-order valence-corrected chi connectivity index (χ1v) is 13.8. The fourth-order valence-electron chi connectivity index (χ4n) is 5.18. The van der Waals surface area contributed by atoms with Crippen molar-refractivity contribution >= 4 is 28.4 Å². The number of fused-ring (bicyclic) bond motifs is 1. The molecule has 210 valence electrons. The van der Waals surface area contributed by atoms with Crippen molar-refractivity contribution in [2.24, 2.45) is 5.41 Å². The van der Waals surface area contributed by atoms with E-state index in [0.29, 0.717) is 31.1 Å². The van der Waals surface area contributed by atoms with Gasteiger partial charge in [-0.15, -0.1) is 0 Å². The second kappa shape index (κ2) is 12.9. The fraction of sp³-hybridized carbons (Fsp3) is 0.242. The van der Waals surface area contributed by atoms with Crippen LogP contribution < -0.4 is 10.6 Å². The molecule has 0 fully saturated rings. The average molecular weight is 550 g/mol. The smallest absolute Gasteiger partial charge is 0.251 e. The van der Waals surface area contributed by atoms with E-state index in [1.807, 2.05) is 89.9 Å². The van der Waals surface area contributed by atoms with Crippen LogP contribution in [0.5, 0.6) is 0 Å². The SMILES string of the molecule is CC1(CN(CCO)CCO)C=CC=CC1NC(=O)c1ccc(Nc2nc(-c3ccccc3)c3ccccc3n2)cc1. The molecule has 1 aromatic heterocycles. The number of rotatable bonds is 11. The van der Waals surface area contributed by atoms with E-state index in [2.05, 4.69) is 23.6 Å². The zero-order chi connectivity index (χ0) is 28.7. The number of nitrogens with zero attached hydrogens (tertiary/aromatic N) is 3. The van der Waals surface area contributed by atoms with Gasteiger partial charge >= 0.3 is 0 Å². The van der Waals surface area contributed by atoms with Crippen LogP contribution in [0.25, 0.3) is 22.2 Å². The molecule has 3 aromatic carbocycles. The molecule has 0 saturated heterocycles. The van der Waals surface area contributed by atoms with E-state index in [1.54, 1.807) is 12.1 Å². The Morgan fingerprint density at radius 2 is 1.61 bits per heavy atom. The molecule has 0 aliphatic heterocycles. The molecule has 0 bridgehead atoms. The van der Waals surface area contributed by atoms with E-state index in [-0.39, 0.29) is 25.2 Å². The maximum atomic E-state index is 13.2. The number of hydrogen-bond donors (Lipinski definition) is 4. The Kier molecular flexibility index (Phi) is 8.84. The average Bonchev–Trinajstić information content (AvgIpc) is 2.99. The Labute approximate surface area is 240 Å². The Bertz CT molecular complexity index is 1530. The minimum atomic E-state index is -0.403. The van der Waals surface area contributed by atoms with Gasteiger partial charge in [0.25, 0.3) is 5.91 Å². The molecule has 8 nitrogen and oxygen atoms in total. The Morgan fingerprint density at radius 3 is 2.34 bits per heavy atom. The molecule has 1 amide bonds. The lowest BCUT2D eigenvalue weighted by Gasteiger charge is -2.39. The summed E-state index contributed by atoms with van der Waals surface area (Å²) >= 11 is 0. The van der Waals surface area contributed by atoms with Crippen LogP contribution in [0.1, 0.15) is 17.3 Å². The van der Waals surface area contributed by atoms with Crippen molar-refractivity contribution in [1.29, 1.82) is 0 Å². The molecule has 1 aliphatic rings. The highest BCUT2D eigenvalue weighted by atomic mass is 16.3. The van der Waals surface area contributed by atoms with Gasteiger partial charge in [0.05, 0.1) is 30.5 Å². The highest BCUT2D eigenvalue weighted by Gasteiger charge is 2.34. The Morgan fingerprint density at radius 1 is 0.902 bits per heavy atom. The van der Waals surface area contributed by atoms with E-state index < -0.39 is 5.41 Å². The molecule has 0 saturated carbocycles. The molecule has 2 unspecified atom stereocenters. The molecule has 4 aromatic rings. The van der Waals surface area contributed by atoms with Crippen LogP contribution in [0.15, 0.2) is 103 Å². The highest BCUT2D eigenvalue weighted by Crippen LogP contribution is 2.30. The first-order valence-electron chi connectivity index (χ1n) is 13.8. The van der Waals surface area contributed by atoms with Gasteiger partial charge in [-0.3, -0.25) is 9.69 Å². The normalized spacial score (nSPS) is 18.1. The van der Waals surface area contributed by atoms with Crippen molar-refractivity contribution in [3.05, 3.63) is 109 Å². The minimum absolute atomic E-state index is 0.00482. The monoisotopic (exact) mass is 549 g/mol. The van der Waals surface area contributed by atoms with Crippen molar-refractivity contribution in [1.82, 2.24) is 20.2 Å². The van der Waals surface area contributed by atoms with Crippen LogP contribution in [-0.2, 0) is 0 Å². The van der Waals surface area contributed by atoms with E-state index in [9.17, 15) is 15.0 Å². The molecule has 41 heavy (non-hydrogen) atoms. The number of aliphatic hydroxyl groups excluding tert-OH is 2. The highest BCUT2D eigenvalue weighted by molar-refractivity contribution is 5.95. The topological polar surface area (TPSA) is 111 Å². The summed E-state index contributed by atoms with van der Waals surface area (Å²) < 4.78 is 0. The zero-order valence-corrected chi connectivity index (χ0v) is 23.1. The lowest BCUT2D eigenvalue weighted by atomic mass is 9.78. The molecule has 8 heteroatoms. The molecule has 0 radical (unpaired) electrons. The third-order valence-corrected chi connectivity index (χ3v) is 7.34. The number of benzene rings is 3. The van der Waals surface area contributed by atoms with Crippen LogP contribution in [0, 0.1) is 5.41 Å². The van der Waals surface area contributed by atoms with Gasteiger partial charge in [-0.1, -0.05) is 79.8 Å².